The van der Waals surface area contributed by atoms with E-state index >= 15 is 0 Å². The van der Waals surface area contributed by atoms with Gasteiger partial charge in [-0.05, 0) is 31.5 Å². The summed E-state index contributed by atoms with van der Waals surface area (Å²) in [7, 11) is 1.21. The Kier molecular flexibility index (Phi) is 5.12. The van der Waals surface area contributed by atoms with Crippen LogP contribution in [0.25, 0.3) is 22.4 Å². The number of aromatic nitrogens is 3. The Morgan fingerprint density at radius 3 is 2.52 bits per heavy atom. The molecule has 138 valence electrons. The Labute approximate surface area is 156 Å². The van der Waals surface area contributed by atoms with Gasteiger partial charge in [0.05, 0.1) is 24.1 Å². The molecule has 0 radical (unpaired) electrons. The van der Waals surface area contributed by atoms with E-state index < -0.39 is 11.8 Å². The molecule has 3 rings (SSSR count). The molecule has 27 heavy (non-hydrogen) atoms. The number of nitrogen functional groups attached to an aromatic ring is 1. The zero-order valence-electron chi connectivity index (χ0n) is 15.3. The molecule has 2 heterocycles. The zero-order valence-corrected chi connectivity index (χ0v) is 15.3. The summed E-state index contributed by atoms with van der Waals surface area (Å²) in [6.45, 7) is 3.85. The minimum atomic E-state index is -0.738. The normalized spacial score (nSPS) is 10.7. The second kappa shape index (κ2) is 7.49. The first-order valence-electron chi connectivity index (χ1n) is 8.42. The lowest BCUT2D eigenvalue weighted by atomic mass is 9.96. The average molecular weight is 366 g/mol. The van der Waals surface area contributed by atoms with Crippen molar-refractivity contribution >= 4 is 11.9 Å². The van der Waals surface area contributed by atoms with Crippen LogP contribution >= 0.6 is 0 Å². The van der Waals surface area contributed by atoms with Crippen LogP contribution in [0.15, 0.2) is 36.5 Å². The molecule has 0 unspecified atom stereocenters. The fourth-order valence-electron chi connectivity index (χ4n) is 2.85. The predicted octanol–water partition coefficient (Wildman–Crippen LogP) is 3.58. The van der Waals surface area contributed by atoms with Crippen molar-refractivity contribution in [2.75, 3.05) is 12.8 Å². The minimum Gasteiger partial charge on any atom is -0.465 e. The second-order valence-corrected chi connectivity index (χ2v) is 5.98. The van der Waals surface area contributed by atoms with Crippen molar-refractivity contribution in [3.05, 3.63) is 59.3 Å². The smallest absolute Gasteiger partial charge is 0.340 e. The van der Waals surface area contributed by atoms with Crippen LogP contribution in [0.1, 0.15) is 28.7 Å². The standard InChI is InChI=1S/C20H19FN4O2/c1-4-16-17(13-6-5-11(2)23-10-13)18(25-20(22)24-16)12-7-8-14(15(21)9-12)19(26)27-3/h5-10H,4H2,1-3H3,(H2,22,24,25). The number of anilines is 1. The quantitative estimate of drug-likeness (QED) is 0.710. The van der Waals surface area contributed by atoms with E-state index in [4.69, 9.17) is 5.73 Å². The Morgan fingerprint density at radius 2 is 1.93 bits per heavy atom. The van der Waals surface area contributed by atoms with E-state index in [2.05, 4.69) is 19.7 Å². The zero-order chi connectivity index (χ0) is 19.6. The summed E-state index contributed by atoms with van der Waals surface area (Å²) in [5.74, 6) is -1.33. The summed E-state index contributed by atoms with van der Waals surface area (Å²) in [6.07, 6.45) is 2.34. The molecule has 1 aromatic carbocycles. The van der Waals surface area contributed by atoms with Crippen LogP contribution in [0.3, 0.4) is 0 Å². The number of benzene rings is 1. The van der Waals surface area contributed by atoms with Gasteiger partial charge in [0.2, 0.25) is 5.95 Å². The average Bonchev–Trinajstić information content (AvgIpc) is 2.67. The summed E-state index contributed by atoms with van der Waals surface area (Å²) < 4.78 is 19.0. The van der Waals surface area contributed by atoms with Crippen molar-refractivity contribution in [2.45, 2.75) is 20.3 Å². The van der Waals surface area contributed by atoms with E-state index in [-0.39, 0.29) is 11.5 Å². The number of halogens is 1. The molecule has 0 aliphatic carbocycles. The Bertz CT molecular complexity index is 1000. The molecule has 0 aliphatic heterocycles. The number of rotatable bonds is 4. The lowest BCUT2D eigenvalue weighted by molar-refractivity contribution is 0.0595. The summed E-state index contributed by atoms with van der Waals surface area (Å²) in [6, 6.07) is 8.03. The monoisotopic (exact) mass is 366 g/mol. The lowest BCUT2D eigenvalue weighted by Gasteiger charge is -2.14. The predicted molar refractivity (Wildman–Crippen MR) is 101 cm³/mol. The van der Waals surface area contributed by atoms with Gasteiger partial charge in [-0.2, -0.15) is 0 Å². The van der Waals surface area contributed by atoms with Crippen molar-refractivity contribution in [1.29, 1.82) is 0 Å². The number of methoxy groups -OCH3 is 1. The summed E-state index contributed by atoms with van der Waals surface area (Å²) in [5, 5.41) is 0. The molecule has 0 fully saturated rings. The van der Waals surface area contributed by atoms with Gasteiger partial charge >= 0.3 is 5.97 Å². The van der Waals surface area contributed by atoms with Gasteiger partial charge in [-0.25, -0.2) is 19.2 Å². The largest absolute Gasteiger partial charge is 0.465 e. The van der Waals surface area contributed by atoms with Crippen LogP contribution in [0.2, 0.25) is 0 Å². The maximum absolute atomic E-state index is 14.5. The molecular formula is C20H19FN4O2. The van der Waals surface area contributed by atoms with E-state index in [0.717, 1.165) is 22.5 Å². The molecule has 0 bridgehead atoms. The number of carbonyl (C=O) groups is 1. The topological polar surface area (TPSA) is 91.0 Å². The van der Waals surface area contributed by atoms with Crippen molar-refractivity contribution in [2.24, 2.45) is 0 Å². The van der Waals surface area contributed by atoms with Gasteiger partial charge in [-0.15, -0.1) is 0 Å². The lowest BCUT2D eigenvalue weighted by Crippen LogP contribution is -2.07. The summed E-state index contributed by atoms with van der Waals surface area (Å²) >= 11 is 0. The fraction of sp³-hybridized carbons (Fsp3) is 0.200. The first kappa shape index (κ1) is 18.4. The molecule has 3 aromatic rings. The molecule has 2 aromatic heterocycles. The van der Waals surface area contributed by atoms with Crippen LogP contribution in [-0.4, -0.2) is 28.0 Å². The number of ether oxygens (including phenoxy) is 1. The molecule has 0 spiro atoms. The maximum Gasteiger partial charge on any atom is 0.340 e. The van der Waals surface area contributed by atoms with Gasteiger partial charge in [0.25, 0.3) is 0 Å². The highest BCUT2D eigenvalue weighted by Gasteiger charge is 2.19. The van der Waals surface area contributed by atoms with E-state index in [1.54, 1.807) is 12.3 Å². The number of aryl methyl sites for hydroxylation is 2. The summed E-state index contributed by atoms with van der Waals surface area (Å²) in [4.78, 5) is 24.6. The third-order valence-electron chi connectivity index (χ3n) is 4.18. The third kappa shape index (κ3) is 3.62. The molecule has 0 saturated heterocycles. The second-order valence-electron chi connectivity index (χ2n) is 5.98. The van der Waals surface area contributed by atoms with Crippen LogP contribution in [0, 0.1) is 12.7 Å². The van der Waals surface area contributed by atoms with Crippen LogP contribution in [-0.2, 0) is 11.2 Å². The minimum absolute atomic E-state index is 0.100. The van der Waals surface area contributed by atoms with Crippen LogP contribution in [0.5, 0.6) is 0 Å². The van der Waals surface area contributed by atoms with Crippen molar-refractivity contribution in [1.82, 2.24) is 15.0 Å². The van der Waals surface area contributed by atoms with Gasteiger partial charge in [0.1, 0.15) is 5.82 Å². The third-order valence-corrected chi connectivity index (χ3v) is 4.18. The number of hydrogen-bond acceptors (Lipinski definition) is 6. The van der Waals surface area contributed by atoms with E-state index in [1.807, 2.05) is 26.0 Å². The van der Waals surface area contributed by atoms with Gasteiger partial charge in [0.15, 0.2) is 0 Å². The van der Waals surface area contributed by atoms with Gasteiger partial charge in [-0.1, -0.05) is 19.1 Å². The number of carbonyl (C=O) groups excluding carboxylic acids is 1. The van der Waals surface area contributed by atoms with E-state index in [1.165, 1.54) is 19.2 Å². The fourth-order valence-corrected chi connectivity index (χ4v) is 2.85. The molecule has 0 amide bonds. The van der Waals surface area contributed by atoms with E-state index in [9.17, 15) is 9.18 Å². The van der Waals surface area contributed by atoms with Gasteiger partial charge in [-0.3, -0.25) is 4.98 Å². The van der Waals surface area contributed by atoms with Gasteiger partial charge < -0.3 is 10.5 Å². The highest BCUT2D eigenvalue weighted by Crippen LogP contribution is 2.34. The van der Waals surface area contributed by atoms with Crippen LogP contribution < -0.4 is 5.73 Å². The molecule has 0 aliphatic rings. The number of hydrogen-bond donors (Lipinski definition) is 1. The maximum atomic E-state index is 14.5. The van der Waals surface area contributed by atoms with E-state index in [0.29, 0.717) is 17.7 Å². The molecular weight excluding hydrogens is 347 g/mol. The molecule has 0 atom stereocenters. The molecule has 6 nitrogen and oxygen atoms in total. The first-order valence-corrected chi connectivity index (χ1v) is 8.42. The van der Waals surface area contributed by atoms with Crippen molar-refractivity contribution in [3.8, 4) is 22.4 Å². The Hall–Kier alpha value is -3.35. The first-order chi connectivity index (χ1) is 12.9. The van der Waals surface area contributed by atoms with Crippen molar-refractivity contribution in [3.63, 3.8) is 0 Å². The highest BCUT2D eigenvalue weighted by atomic mass is 19.1. The van der Waals surface area contributed by atoms with Crippen molar-refractivity contribution < 1.29 is 13.9 Å². The molecule has 2 N–H and O–H groups in total. The summed E-state index contributed by atoms with van der Waals surface area (Å²) in [5.41, 5.74) is 9.87. The number of pyridine rings is 1. The van der Waals surface area contributed by atoms with Gasteiger partial charge in [0, 0.05) is 28.6 Å². The van der Waals surface area contributed by atoms with Crippen LogP contribution in [0.4, 0.5) is 10.3 Å². The Morgan fingerprint density at radius 1 is 1.19 bits per heavy atom. The highest BCUT2D eigenvalue weighted by molar-refractivity contribution is 5.91. The number of esters is 1. The SMILES string of the molecule is CCc1nc(N)nc(-c2ccc(C(=O)OC)c(F)c2)c1-c1ccc(C)nc1. The number of nitrogens with zero attached hydrogens (tertiary/aromatic N) is 3. The number of nitrogens with two attached hydrogens (primary N) is 1. The molecule has 7 heteroatoms. The Balaban J connectivity index is 2.23. The molecule has 0 saturated carbocycles.